The van der Waals surface area contributed by atoms with Gasteiger partial charge in [0.25, 0.3) is 11.8 Å². The van der Waals surface area contributed by atoms with E-state index in [9.17, 15) is 4.79 Å². The number of hydrogen-bond acceptors (Lipinski definition) is 10. The summed E-state index contributed by atoms with van der Waals surface area (Å²) in [6.07, 6.45) is 2.74. The number of nitrogens with two attached hydrogens (primary N) is 1. The van der Waals surface area contributed by atoms with Crippen LogP contribution in [0, 0.1) is 0 Å². The van der Waals surface area contributed by atoms with E-state index in [0.29, 0.717) is 36.4 Å². The molecular formula is C15H20N8O3. The Hall–Kier alpha value is -3.05. The molecule has 1 atom stereocenters. The highest BCUT2D eigenvalue weighted by Crippen LogP contribution is 2.24. The SMILES string of the molecule is COc1nnc(Nc2cnc(C(N)=O)cn2)cc1NCC1CNCCO1. The topological polar surface area (TPSA) is 149 Å². The van der Waals surface area contributed by atoms with Gasteiger partial charge in [-0.3, -0.25) is 4.79 Å². The van der Waals surface area contributed by atoms with E-state index >= 15 is 0 Å². The van der Waals surface area contributed by atoms with Gasteiger partial charge in [-0.1, -0.05) is 0 Å². The molecule has 2 aromatic heterocycles. The van der Waals surface area contributed by atoms with Gasteiger partial charge in [0.05, 0.1) is 32.2 Å². The predicted molar refractivity (Wildman–Crippen MR) is 93.5 cm³/mol. The number of carbonyl (C=O) groups excluding carboxylic acids is 1. The Labute approximate surface area is 149 Å². The van der Waals surface area contributed by atoms with Crippen LogP contribution < -0.4 is 26.4 Å². The maximum absolute atomic E-state index is 11.0. The van der Waals surface area contributed by atoms with E-state index < -0.39 is 5.91 Å². The molecule has 1 saturated heterocycles. The van der Waals surface area contributed by atoms with Crippen molar-refractivity contribution < 1.29 is 14.3 Å². The minimum atomic E-state index is -0.640. The molecule has 2 aromatic rings. The highest BCUT2D eigenvalue weighted by atomic mass is 16.5. The van der Waals surface area contributed by atoms with Crippen LogP contribution in [0.15, 0.2) is 18.5 Å². The number of amides is 1. The number of hydrogen-bond donors (Lipinski definition) is 4. The van der Waals surface area contributed by atoms with E-state index in [0.717, 1.165) is 13.1 Å². The Kier molecular flexibility index (Phi) is 5.71. The molecule has 1 fully saturated rings. The summed E-state index contributed by atoms with van der Waals surface area (Å²) in [6, 6.07) is 1.74. The van der Waals surface area contributed by atoms with Gasteiger partial charge < -0.3 is 31.2 Å². The molecule has 26 heavy (non-hydrogen) atoms. The van der Waals surface area contributed by atoms with Gasteiger partial charge in [0.15, 0.2) is 5.82 Å². The van der Waals surface area contributed by atoms with Gasteiger partial charge in [-0.05, 0) is 0 Å². The molecule has 11 heteroatoms. The van der Waals surface area contributed by atoms with Crippen LogP contribution in [-0.4, -0.2) is 65.5 Å². The Bertz CT molecular complexity index is 749. The summed E-state index contributed by atoms with van der Waals surface area (Å²) in [4.78, 5) is 19.0. The van der Waals surface area contributed by atoms with Gasteiger partial charge in [0.2, 0.25) is 0 Å². The fraction of sp³-hybridized carbons (Fsp3) is 0.400. The molecule has 5 N–H and O–H groups in total. The molecule has 0 saturated carbocycles. The quantitative estimate of drug-likeness (QED) is 0.510. The van der Waals surface area contributed by atoms with Crippen LogP contribution in [0.2, 0.25) is 0 Å². The lowest BCUT2D eigenvalue weighted by atomic mass is 10.3. The van der Waals surface area contributed by atoms with Crippen molar-refractivity contribution in [1.82, 2.24) is 25.5 Å². The van der Waals surface area contributed by atoms with E-state index in [4.69, 9.17) is 15.2 Å². The van der Waals surface area contributed by atoms with Crippen LogP contribution in [-0.2, 0) is 4.74 Å². The molecule has 11 nitrogen and oxygen atoms in total. The minimum absolute atomic E-state index is 0.0604. The first kappa shape index (κ1) is 17.8. The molecule has 138 valence electrons. The Morgan fingerprint density at radius 3 is 2.92 bits per heavy atom. The van der Waals surface area contributed by atoms with Crippen molar-refractivity contribution in [1.29, 1.82) is 0 Å². The fourth-order valence-electron chi connectivity index (χ4n) is 2.34. The van der Waals surface area contributed by atoms with Crippen molar-refractivity contribution in [2.45, 2.75) is 6.10 Å². The molecule has 3 heterocycles. The summed E-state index contributed by atoms with van der Waals surface area (Å²) in [5, 5.41) is 17.5. The van der Waals surface area contributed by atoms with Gasteiger partial charge >= 0.3 is 0 Å². The number of rotatable bonds is 7. The van der Waals surface area contributed by atoms with E-state index in [-0.39, 0.29) is 11.8 Å². The number of carbonyl (C=O) groups is 1. The average molecular weight is 360 g/mol. The smallest absolute Gasteiger partial charge is 0.268 e. The number of methoxy groups -OCH3 is 1. The zero-order valence-electron chi connectivity index (χ0n) is 14.2. The molecule has 0 aliphatic carbocycles. The van der Waals surface area contributed by atoms with Crippen molar-refractivity contribution in [3.8, 4) is 5.88 Å². The summed E-state index contributed by atoms with van der Waals surface area (Å²) >= 11 is 0. The number of ether oxygens (including phenoxy) is 2. The molecule has 1 unspecified atom stereocenters. The van der Waals surface area contributed by atoms with Crippen molar-refractivity contribution in [2.24, 2.45) is 5.73 Å². The largest absolute Gasteiger partial charge is 0.478 e. The van der Waals surface area contributed by atoms with Gasteiger partial charge in [-0.2, -0.15) is 0 Å². The van der Waals surface area contributed by atoms with Gasteiger partial charge in [-0.25, -0.2) is 9.97 Å². The first-order chi connectivity index (χ1) is 12.7. The van der Waals surface area contributed by atoms with Crippen molar-refractivity contribution >= 4 is 23.2 Å². The molecule has 1 amide bonds. The monoisotopic (exact) mass is 360 g/mol. The highest BCUT2D eigenvalue weighted by molar-refractivity contribution is 5.90. The van der Waals surface area contributed by atoms with Crippen molar-refractivity contribution in [2.75, 3.05) is 44.0 Å². The summed E-state index contributed by atoms with van der Waals surface area (Å²) in [7, 11) is 1.52. The van der Waals surface area contributed by atoms with Crippen molar-refractivity contribution in [3.05, 3.63) is 24.2 Å². The third-order valence-electron chi connectivity index (χ3n) is 3.64. The number of nitrogens with one attached hydrogen (secondary N) is 3. The number of aromatic nitrogens is 4. The maximum atomic E-state index is 11.0. The van der Waals surface area contributed by atoms with Crippen LogP contribution in [0.4, 0.5) is 17.3 Å². The van der Waals surface area contributed by atoms with Crippen LogP contribution >= 0.6 is 0 Å². The number of morpholine rings is 1. The Balaban J connectivity index is 1.68. The molecule has 0 radical (unpaired) electrons. The van der Waals surface area contributed by atoms with E-state index in [1.165, 1.54) is 19.5 Å². The second-order valence-corrected chi connectivity index (χ2v) is 5.51. The zero-order chi connectivity index (χ0) is 18.4. The second-order valence-electron chi connectivity index (χ2n) is 5.51. The van der Waals surface area contributed by atoms with Gasteiger partial charge in [0, 0.05) is 25.7 Å². The highest BCUT2D eigenvalue weighted by Gasteiger charge is 2.15. The fourth-order valence-corrected chi connectivity index (χ4v) is 2.34. The molecule has 3 rings (SSSR count). The normalized spacial score (nSPS) is 16.7. The van der Waals surface area contributed by atoms with Crippen LogP contribution in [0.5, 0.6) is 5.88 Å². The molecule has 0 spiro atoms. The summed E-state index contributed by atoms with van der Waals surface area (Å²) < 4.78 is 10.9. The van der Waals surface area contributed by atoms with Gasteiger partial charge in [0.1, 0.15) is 17.2 Å². The molecular weight excluding hydrogens is 340 g/mol. The minimum Gasteiger partial charge on any atom is -0.478 e. The lowest BCUT2D eigenvalue weighted by molar-refractivity contribution is 0.0372. The first-order valence-corrected chi connectivity index (χ1v) is 8.02. The first-order valence-electron chi connectivity index (χ1n) is 8.02. The third-order valence-corrected chi connectivity index (χ3v) is 3.64. The lowest BCUT2D eigenvalue weighted by Gasteiger charge is -2.24. The standard InChI is InChI=1S/C15H20N8O3/c1-25-15-10(18-6-9-5-17-2-3-26-9)4-12(22-23-15)21-13-8-19-11(7-20-13)14(16)24/h4,7-9,17H,2-3,5-6H2,1H3,(H2,16,24)(H2,18,20,21,22). The summed E-state index contributed by atoms with van der Waals surface area (Å²) in [5.74, 6) is 0.575. The lowest BCUT2D eigenvalue weighted by Crippen LogP contribution is -2.42. The zero-order valence-corrected chi connectivity index (χ0v) is 14.2. The van der Waals surface area contributed by atoms with E-state index in [2.05, 4.69) is 36.1 Å². The van der Waals surface area contributed by atoms with Crippen LogP contribution in [0.25, 0.3) is 0 Å². The summed E-state index contributed by atoms with van der Waals surface area (Å²) in [6.45, 7) is 2.92. The average Bonchev–Trinajstić information content (AvgIpc) is 2.68. The van der Waals surface area contributed by atoms with Gasteiger partial charge in [-0.15, -0.1) is 10.2 Å². The van der Waals surface area contributed by atoms with Crippen LogP contribution in [0.1, 0.15) is 10.5 Å². The van der Waals surface area contributed by atoms with E-state index in [1.54, 1.807) is 6.07 Å². The molecule has 0 bridgehead atoms. The Morgan fingerprint density at radius 2 is 2.27 bits per heavy atom. The predicted octanol–water partition coefficient (Wildman–Crippen LogP) is -0.482. The molecule has 1 aliphatic heterocycles. The molecule has 1 aliphatic rings. The summed E-state index contributed by atoms with van der Waals surface area (Å²) in [5.41, 5.74) is 5.89. The Morgan fingerprint density at radius 1 is 1.38 bits per heavy atom. The van der Waals surface area contributed by atoms with Crippen molar-refractivity contribution in [3.63, 3.8) is 0 Å². The third kappa shape index (κ3) is 4.52. The maximum Gasteiger partial charge on any atom is 0.268 e. The molecule has 0 aromatic carbocycles. The van der Waals surface area contributed by atoms with Crippen LogP contribution in [0.3, 0.4) is 0 Å². The van der Waals surface area contributed by atoms with E-state index in [1.807, 2.05) is 0 Å². The number of nitrogens with zero attached hydrogens (tertiary/aromatic N) is 4. The second kappa shape index (κ2) is 8.36. The number of primary amides is 1. The number of anilines is 3.